The quantitative estimate of drug-likeness (QED) is 0.456. The van der Waals surface area contributed by atoms with Gasteiger partial charge in [0, 0.05) is 17.7 Å². The molecule has 0 heterocycles. The van der Waals surface area contributed by atoms with Crippen LogP contribution < -0.4 is 14.8 Å². The van der Waals surface area contributed by atoms with Crippen LogP contribution in [0.25, 0.3) is 10.8 Å². The zero-order valence-electron chi connectivity index (χ0n) is 18.0. The van der Waals surface area contributed by atoms with Gasteiger partial charge in [-0.1, -0.05) is 42.0 Å². The molecule has 4 rings (SSSR count). The van der Waals surface area contributed by atoms with Gasteiger partial charge in [-0.3, -0.25) is 4.79 Å². The van der Waals surface area contributed by atoms with Crippen LogP contribution in [0.2, 0.25) is 0 Å². The SMILES string of the molecule is COc1ccc(C(=O)NCCC2=CCCCC2)cc1COc1ccc2ccccc2c1. The largest absolute Gasteiger partial charge is 0.496 e. The highest BCUT2D eigenvalue weighted by atomic mass is 16.5. The summed E-state index contributed by atoms with van der Waals surface area (Å²) in [7, 11) is 1.63. The number of fused-ring (bicyclic) bond motifs is 1. The molecular formula is C27H29NO3. The number of hydrogen-bond acceptors (Lipinski definition) is 3. The summed E-state index contributed by atoms with van der Waals surface area (Å²) in [6, 6.07) is 19.7. The number of hydrogen-bond donors (Lipinski definition) is 1. The molecule has 0 aliphatic heterocycles. The molecular weight excluding hydrogens is 386 g/mol. The van der Waals surface area contributed by atoms with Gasteiger partial charge in [-0.05, 0) is 73.2 Å². The maximum absolute atomic E-state index is 12.6. The van der Waals surface area contributed by atoms with Crippen LogP contribution in [-0.2, 0) is 6.61 Å². The van der Waals surface area contributed by atoms with Gasteiger partial charge in [0.15, 0.2) is 0 Å². The zero-order chi connectivity index (χ0) is 21.5. The topological polar surface area (TPSA) is 47.6 Å². The van der Waals surface area contributed by atoms with Crippen LogP contribution in [0.15, 0.2) is 72.3 Å². The minimum atomic E-state index is -0.0639. The van der Waals surface area contributed by atoms with Gasteiger partial charge in [-0.25, -0.2) is 0 Å². The Morgan fingerprint density at radius 1 is 1.00 bits per heavy atom. The number of carbonyl (C=O) groups excluding carboxylic acids is 1. The first-order valence-electron chi connectivity index (χ1n) is 11.0. The molecule has 160 valence electrons. The van der Waals surface area contributed by atoms with Crippen LogP contribution in [0, 0.1) is 0 Å². The summed E-state index contributed by atoms with van der Waals surface area (Å²) in [5.41, 5.74) is 2.93. The number of ether oxygens (including phenoxy) is 2. The van der Waals surface area contributed by atoms with E-state index in [1.807, 2.05) is 42.5 Å². The highest BCUT2D eigenvalue weighted by Crippen LogP contribution is 2.25. The van der Waals surface area contributed by atoms with Crippen LogP contribution in [0.3, 0.4) is 0 Å². The molecule has 3 aromatic carbocycles. The van der Waals surface area contributed by atoms with Crippen molar-refractivity contribution in [3.05, 3.63) is 83.4 Å². The highest BCUT2D eigenvalue weighted by molar-refractivity contribution is 5.94. The first-order valence-corrected chi connectivity index (χ1v) is 11.0. The number of amides is 1. The van der Waals surface area contributed by atoms with E-state index >= 15 is 0 Å². The molecule has 0 unspecified atom stereocenters. The van der Waals surface area contributed by atoms with E-state index in [9.17, 15) is 4.79 Å². The normalized spacial score (nSPS) is 13.5. The van der Waals surface area contributed by atoms with Gasteiger partial charge in [0.05, 0.1) is 7.11 Å². The third kappa shape index (κ3) is 5.46. The summed E-state index contributed by atoms with van der Waals surface area (Å²) in [6.45, 7) is 0.995. The molecule has 0 bridgehead atoms. The van der Waals surface area contributed by atoms with Crippen molar-refractivity contribution in [3.63, 3.8) is 0 Å². The van der Waals surface area contributed by atoms with Crippen molar-refractivity contribution in [2.45, 2.75) is 38.7 Å². The number of allylic oxidation sites excluding steroid dienone is 1. The van der Waals surface area contributed by atoms with Crippen LogP contribution in [0.1, 0.15) is 48.0 Å². The van der Waals surface area contributed by atoms with E-state index in [1.165, 1.54) is 30.2 Å². The van der Waals surface area contributed by atoms with E-state index in [1.54, 1.807) is 13.2 Å². The summed E-state index contributed by atoms with van der Waals surface area (Å²) in [6.07, 6.45) is 8.13. The second kappa shape index (κ2) is 10.2. The highest BCUT2D eigenvalue weighted by Gasteiger charge is 2.12. The maximum Gasteiger partial charge on any atom is 0.251 e. The molecule has 0 radical (unpaired) electrons. The van der Waals surface area contributed by atoms with E-state index in [0.29, 0.717) is 24.5 Å². The molecule has 0 spiro atoms. The molecule has 0 saturated carbocycles. The van der Waals surface area contributed by atoms with Gasteiger partial charge in [0.2, 0.25) is 0 Å². The fourth-order valence-corrected chi connectivity index (χ4v) is 4.02. The standard InChI is InChI=1S/C27H29NO3/c1-30-26-14-12-23(27(29)28-16-15-20-7-3-2-4-8-20)17-24(26)19-31-25-13-11-21-9-5-6-10-22(21)18-25/h5-7,9-14,17-18H,2-4,8,15-16,19H2,1H3,(H,28,29). The van der Waals surface area contributed by atoms with Gasteiger partial charge in [0.1, 0.15) is 18.1 Å². The molecule has 0 saturated heterocycles. The Morgan fingerprint density at radius 3 is 2.68 bits per heavy atom. The molecule has 1 aliphatic carbocycles. The smallest absolute Gasteiger partial charge is 0.251 e. The Balaban J connectivity index is 1.40. The summed E-state index contributed by atoms with van der Waals surface area (Å²) in [5, 5.41) is 5.35. The molecule has 0 fully saturated rings. The Labute approximate surface area is 183 Å². The average Bonchev–Trinajstić information content (AvgIpc) is 2.83. The number of carbonyl (C=O) groups is 1. The third-order valence-electron chi connectivity index (χ3n) is 5.77. The van der Waals surface area contributed by atoms with Crippen molar-refractivity contribution >= 4 is 16.7 Å². The molecule has 4 heteroatoms. The lowest BCUT2D eigenvalue weighted by Crippen LogP contribution is -2.25. The zero-order valence-corrected chi connectivity index (χ0v) is 18.0. The Hall–Kier alpha value is -3.27. The number of rotatable bonds is 8. The second-order valence-corrected chi connectivity index (χ2v) is 7.94. The lowest BCUT2D eigenvalue weighted by atomic mass is 9.97. The van der Waals surface area contributed by atoms with Gasteiger partial charge in [-0.2, -0.15) is 0 Å². The molecule has 31 heavy (non-hydrogen) atoms. The van der Waals surface area contributed by atoms with Crippen molar-refractivity contribution in [2.75, 3.05) is 13.7 Å². The first-order chi connectivity index (χ1) is 15.2. The van der Waals surface area contributed by atoms with Crippen molar-refractivity contribution in [2.24, 2.45) is 0 Å². The predicted octanol–water partition coefficient (Wildman–Crippen LogP) is 6.05. The maximum atomic E-state index is 12.6. The molecule has 4 nitrogen and oxygen atoms in total. The number of nitrogens with one attached hydrogen (secondary N) is 1. The van der Waals surface area contributed by atoms with Crippen LogP contribution >= 0.6 is 0 Å². The molecule has 0 atom stereocenters. The Kier molecular flexibility index (Phi) is 6.88. The minimum Gasteiger partial charge on any atom is -0.496 e. The molecule has 1 N–H and O–H groups in total. The molecule has 3 aromatic rings. The predicted molar refractivity (Wildman–Crippen MR) is 125 cm³/mol. The first kappa shape index (κ1) is 21.0. The monoisotopic (exact) mass is 415 g/mol. The summed E-state index contributed by atoms with van der Waals surface area (Å²) in [4.78, 5) is 12.6. The van der Waals surface area contributed by atoms with Crippen LogP contribution in [-0.4, -0.2) is 19.6 Å². The molecule has 1 aliphatic rings. The van der Waals surface area contributed by atoms with Crippen molar-refractivity contribution in [1.82, 2.24) is 5.32 Å². The molecule has 0 aromatic heterocycles. The van der Waals surface area contributed by atoms with E-state index in [-0.39, 0.29) is 5.91 Å². The summed E-state index contributed by atoms with van der Waals surface area (Å²) < 4.78 is 11.5. The average molecular weight is 416 g/mol. The Bertz CT molecular complexity index is 1090. The minimum absolute atomic E-state index is 0.0639. The van der Waals surface area contributed by atoms with Gasteiger partial charge in [0.25, 0.3) is 5.91 Å². The summed E-state index contributed by atoms with van der Waals surface area (Å²) >= 11 is 0. The lowest BCUT2D eigenvalue weighted by Gasteiger charge is -2.14. The van der Waals surface area contributed by atoms with E-state index in [2.05, 4.69) is 23.5 Å². The van der Waals surface area contributed by atoms with Crippen LogP contribution in [0.4, 0.5) is 0 Å². The van der Waals surface area contributed by atoms with Crippen molar-refractivity contribution in [3.8, 4) is 11.5 Å². The second-order valence-electron chi connectivity index (χ2n) is 7.94. The van der Waals surface area contributed by atoms with Gasteiger partial charge < -0.3 is 14.8 Å². The van der Waals surface area contributed by atoms with E-state index < -0.39 is 0 Å². The van der Waals surface area contributed by atoms with Gasteiger partial charge >= 0.3 is 0 Å². The third-order valence-corrected chi connectivity index (χ3v) is 5.77. The Morgan fingerprint density at radius 2 is 1.87 bits per heavy atom. The van der Waals surface area contributed by atoms with Crippen molar-refractivity contribution < 1.29 is 14.3 Å². The lowest BCUT2D eigenvalue weighted by molar-refractivity contribution is 0.0954. The fourth-order valence-electron chi connectivity index (χ4n) is 4.02. The number of methoxy groups -OCH3 is 1. The summed E-state index contributed by atoms with van der Waals surface area (Å²) in [5.74, 6) is 1.44. The van der Waals surface area contributed by atoms with E-state index in [0.717, 1.165) is 29.5 Å². The van der Waals surface area contributed by atoms with E-state index in [4.69, 9.17) is 9.47 Å². The fraction of sp³-hybridized carbons (Fsp3) is 0.296. The molecule has 1 amide bonds. The van der Waals surface area contributed by atoms with Crippen molar-refractivity contribution in [1.29, 1.82) is 0 Å². The van der Waals surface area contributed by atoms with Crippen LogP contribution in [0.5, 0.6) is 11.5 Å². The van der Waals surface area contributed by atoms with Gasteiger partial charge in [-0.15, -0.1) is 0 Å². The number of benzene rings is 3.